The minimum atomic E-state index is 0.700. The van der Waals surface area contributed by atoms with Crippen LogP contribution in [0.25, 0.3) is 10.9 Å². The highest BCUT2D eigenvalue weighted by Gasteiger charge is 2.15. The number of fused-ring (bicyclic) bond motifs is 1. The van der Waals surface area contributed by atoms with Crippen molar-refractivity contribution in [2.75, 3.05) is 0 Å². The van der Waals surface area contributed by atoms with Crippen molar-refractivity contribution in [3.63, 3.8) is 0 Å². The minimum Gasteiger partial charge on any atom is -0.352 e. The van der Waals surface area contributed by atoms with Crippen LogP contribution in [-0.4, -0.2) is 11.3 Å². The maximum Gasteiger partial charge on any atom is 0.166 e. The molecule has 84 valence electrons. The average Bonchev–Trinajstić information content (AvgIpc) is 2.61. The summed E-state index contributed by atoms with van der Waals surface area (Å²) in [6.45, 7) is 10.5. The Kier molecular flexibility index (Phi) is 2.38. The fraction of sp³-hybridized carbons (Fsp3) is 0.357. The summed E-state index contributed by atoms with van der Waals surface area (Å²) in [4.78, 5) is 14.2. The van der Waals surface area contributed by atoms with Gasteiger partial charge >= 0.3 is 0 Å². The smallest absolute Gasteiger partial charge is 0.166 e. The van der Waals surface area contributed by atoms with Crippen LogP contribution in [0.4, 0.5) is 0 Å². The second-order valence-corrected chi connectivity index (χ2v) is 4.53. The van der Waals surface area contributed by atoms with Crippen LogP contribution in [0.2, 0.25) is 0 Å². The number of carbonyl (C=O) groups is 1. The van der Waals surface area contributed by atoms with Crippen LogP contribution in [0.1, 0.15) is 38.3 Å². The van der Waals surface area contributed by atoms with E-state index < -0.39 is 0 Å². The standard InChI is InChI=1S/C14H17NO/c1-7-8(2)10(4)14-13(9(7)3)11(5)12(6-16)15-14/h6,15H,1-5H3. The van der Waals surface area contributed by atoms with Crippen LogP contribution in [0.5, 0.6) is 0 Å². The number of benzene rings is 1. The molecule has 0 fully saturated rings. The minimum absolute atomic E-state index is 0.700. The molecule has 2 rings (SSSR count). The summed E-state index contributed by atoms with van der Waals surface area (Å²) in [6.07, 6.45) is 0.902. The Morgan fingerprint density at radius 3 is 1.94 bits per heavy atom. The highest BCUT2D eigenvalue weighted by Crippen LogP contribution is 2.31. The van der Waals surface area contributed by atoms with Crippen molar-refractivity contribution in [2.24, 2.45) is 0 Å². The molecule has 1 aromatic carbocycles. The molecule has 2 heteroatoms. The van der Waals surface area contributed by atoms with E-state index in [4.69, 9.17) is 0 Å². The molecule has 0 unspecified atom stereocenters. The largest absolute Gasteiger partial charge is 0.352 e. The normalized spacial score (nSPS) is 11.1. The second-order valence-electron chi connectivity index (χ2n) is 4.53. The number of H-pyrrole nitrogens is 1. The maximum atomic E-state index is 11.0. The van der Waals surface area contributed by atoms with Crippen molar-refractivity contribution in [3.05, 3.63) is 33.5 Å². The Balaban J connectivity index is 3.05. The van der Waals surface area contributed by atoms with E-state index in [1.807, 2.05) is 6.92 Å². The fourth-order valence-electron chi connectivity index (χ4n) is 2.42. The van der Waals surface area contributed by atoms with Crippen molar-refractivity contribution < 1.29 is 4.79 Å². The summed E-state index contributed by atoms with van der Waals surface area (Å²) in [7, 11) is 0. The van der Waals surface area contributed by atoms with Gasteiger partial charge in [0.15, 0.2) is 6.29 Å². The van der Waals surface area contributed by atoms with Gasteiger partial charge < -0.3 is 4.98 Å². The monoisotopic (exact) mass is 215 g/mol. The zero-order valence-electron chi connectivity index (χ0n) is 10.5. The molecular formula is C14H17NO. The zero-order valence-corrected chi connectivity index (χ0v) is 10.5. The quantitative estimate of drug-likeness (QED) is 0.725. The number of hydrogen-bond acceptors (Lipinski definition) is 1. The average molecular weight is 215 g/mol. The van der Waals surface area contributed by atoms with Gasteiger partial charge in [0.1, 0.15) is 0 Å². The molecule has 0 atom stereocenters. The first-order valence-electron chi connectivity index (χ1n) is 5.52. The van der Waals surface area contributed by atoms with Crippen molar-refractivity contribution in [3.8, 4) is 0 Å². The van der Waals surface area contributed by atoms with Gasteiger partial charge in [-0.05, 0) is 62.4 Å². The summed E-state index contributed by atoms with van der Waals surface area (Å²) in [5, 5.41) is 1.21. The summed E-state index contributed by atoms with van der Waals surface area (Å²) in [5.74, 6) is 0. The molecule has 0 aliphatic carbocycles. The first kappa shape index (κ1) is 10.9. The van der Waals surface area contributed by atoms with E-state index in [9.17, 15) is 4.79 Å². The number of carbonyl (C=O) groups excluding carboxylic acids is 1. The van der Waals surface area contributed by atoms with Crippen LogP contribution < -0.4 is 0 Å². The molecule has 16 heavy (non-hydrogen) atoms. The number of hydrogen-bond donors (Lipinski definition) is 1. The molecule has 0 spiro atoms. The molecule has 2 nitrogen and oxygen atoms in total. The Labute approximate surface area is 95.7 Å². The molecule has 1 heterocycles. The number of aromatic amines is 1. The van der Waals surface area contributed by atoms with Crippen LogP contribution in [-0.2, 0) is 0 Å². The first-order valence-corrected chi connectivity index (χ1v) is 5.52. The lowest BCUT2D eigenvalue weighted by atomic mass is 9.94. The third-order valence-electron chi connectivity index (χ3n) is 3.84. The van der Waals surface area contributed by atoms with Crippen molar-refractivity contribution in [1.29, 1.82) is 0 Å². The third-order valence-corrected chi connectivity index (χ3v) is 3.84. The van der Waals surface area contributed by atoms with Gasteiger partial charge in [-0.2, -0.15) is 0 Å². The number of nitrogens with one attached hydrogen (secondary N) is 1. The van der Waals surface area contributed by atoms with Gasteiger partial charge in [0.25, 0.3) is 0 Å². The molecule has 0 saturated heterocycles. The lowest BCUT2D eigenvalue weighted by Gasteiger charge is -2.11. The number of rotatable bonds is 1. The lowest BCUT2D eigenvalue weighted by Crippen LogP contribution is -1.93. The Morgan fingerprint density at radius 1 is 0.812 bits per heavy atom. The van der Waals surface area contributed by atoms with Gasteiger partial charge in [0.2, 0.25) is 0 Å². The molecule has 2 aromatic rings. The molecule has 0 aliphatic rings. The molecular weight excluding hydrogens is 198 g/mol. The highest BCUT2D eigenvalue weighted by atomic mass is 16.1. The summed E-state index contributed by atoms with van der Waals surface area (Å²) in [5.41, 5.74) is 8.03. The van der Waals surface area contributed by atoms with Crippen LogP contribution >= 0.6 is 0 Å². The first-order chi connectivity index (χ1) is 7.49. The third kappa shape index (κ3) is 1.22. The van der Waals surface area contributed by atoms with Crippen molar-refractivity contribution >= 4 is 17.2 Å². The van der Waals surface area contributed by atoms with Gasteiger partial charge in [0, 0.05) is 10.9 Å². The number of aldehydes is 1. The van der Waals surface area contributed by atoms with Crippen LogP contribution in [0.3, 0.4) is 0 Å². The molecule has 0 radical (unpaired) electrons. The molecule has 0 amide bonds. The van der Waals surface area contributed by atoms with E-state index in [-0.39, 0.29) is 0 Å². The Hall–Kier alpha value is -1.57. The fourth-order valence-corrected chi connectivity index (χ4v) is 2.42. The SMILES string of the molecule is Cc1c(C)c(C)c2c(C)c(C=O)[nH]c2c1C. The highest BCUT2D eigenvalue weighted by molar-refractivity contribution is 5.96. The summed E-state index contributed by atoms with van der Waals surface area (Å²) in [6, 6.07) is 0. The van der Waals surface area contributed by atoms with Crippen LogP contribution in [0.15, 0.2) is 0 Å². The van der Waals surface area contributed by atoms with E-state index in [0.717, 1.165) is 17.4 Å². The summed E-state index contributed by atoms with van der Waals surface area (Å²) < 4.78 is 0. The number of aromatic nitrogens is 1. The maximum absolute atomic E-state index is 11.0. The molecule has 0 bridgehead atoms. The predicted molar refractivity (Wildman–Crippen MR) is 67.4 cm³/mol. The predicted octanol–water partition coefficient (Wildman–Crippen LogP) is 3.52. The Bertz CT molecular complexity index is 591. The Morgan fingerprint density at radius 2 is 1.38 bits per heavy atom. The van der Waals surface area contributed by atoms with Gasteiger partial charge in [-0.25, -0.2) is 0 Å². The van der Waals surface area contributed by atoms with Crippen molar-refractivity contribution in [2.45, 2.75) is 34.6 Å². The summed E-state index contributed by atoms with van der Waals surface area (Å²) >= 11 is 0. The van der Waals surface area contributed by atoms with E-state index in [0.29, 0.717) is 5.69 Å². The molecule has 1 aromatic heterocycles. The molecule has 0 aliphatic heterocycles. The molecule has 0 saturated carbocycles. The van der Waals surface area contributed by atoms with Gasteiger partial charge in [-0.1, -0.05) is 0 Å². The van der Waals surface area contributed by atoms with Crippen molar-refractivity contribution in [1.82, 2.24) is 4.98 Å². The van der Waals surface area contributed by atoms with Gasteiger partial charge in [-0.15, -0.1) is 0 Å². The topological polar surface area (TPSA) is 32.9 Å². The van der Waals surface area contributed by atoms with Gasteiger partial charge in [0.05, 0.1) is 5.69 Å². The second kappa shape index (κ2) is 3.48. The zero-order chi connectivity index (χ0) is 12.0. The van der Waals surface area contributed by atoms with Crippen LogP contribution in [0, 0.1) is 34.6 Å². The lowest BCUT2D eigenvalue weighted by molar-refractivity contribution is 0.111. The van der Waals surface area contributed by atoms with E-state index in [1.165, 1.54) is 27.6 Å². The van der Waals surface area contributed by atoms with E-state index in [2.05, 4.69) is 32.7 Å². The van der Waals surface area contributed by atoms with E-state index in [1.54, 1.807) is 0 Å². The van der Waals surface area contributed by atoms with Gasteiger partial charge in [-0.3, -0.25) is 4.79 Å². The molecule has 1 N–H and O–H groups in total. The number of aryl methyl sites for hydroxylation is 3. The van der Waals surface area contributed by atoms with E-state index >= 15 is 0 Å².